The summed E-state index contributed by atoms with van der Waals surface area (Å²) >= 11 is 0. The summed E-state index contributed by atoms with van der Waals surface area (Å²) in [6, 6.07) is 12.0. The Kier molecular flexibility index (Phi) is 4.83. The monoisotopic (exact) mass is 444 g/mol. The van der Waals surface area contributed by atoms with Crippen molar-refractivity contribution in [1.82, 2.24) is 14.5 Å². The summed E-state index contributed by atoms with van der Waals surface area (Å²) in [4.78, 5) is 36.9. The number of nitrogens with zero attached hydrogens (tertiary/aromatic N) is 3. The van der Waals surface area contributed by atoms with Gasteiger partial charge >= 0.3 is 0 Å². The minimum Gasteiger partial charge on any atom is -0.396 e. The standard InChI is InChI=1S/C24H20N4O5/c1-26-12-17(16-11-14(28(32)33)7-8-19(16)26)21-22(24(31)25-23(21)30)18-13-27(9-4-10-29)20-6-3-2-5-15(18)20/h2-3,5-8,11-13,29H,4,9-10H2,1H3,(H,25,30,31). The number of non-ortho nitro benzene ring substituents is 1. The number of nitro benzene ring substituents is 1. The van der Waals surface area contributed by atoms with E-state index >= 15 is 0 Å². The van der Waals surface area contributed by atoms with E-state index in [1.54, 1.807) is 23.9 Å². The van der Waals surface area contributed by atoms with Gasteiger partial charge in [-0.25, -0.2) is 0 Å². The van der Waals surface area contributed by atoms with Gasteiger partial charge in [0.15, 0.2) is 0 Å². The summed E-state index contributed by atoms with van der Waals surface area (Å²) in [6.07, 6.45) is 4.08. The number of imide groups is 1. The number of carbonyl (C=O) groups excluding carboxylic acids is 2. The largest absolute Gasteiger partial charge is 0.396 e. The van der Waals surface area contributed by atoms with E-state index in [1.165, 1.54) is 12.1 Å². The lowest BCUT2D eigenvalue weighted by molar-refractivity contribution is -0.384. The molecule has 0 saturated heterocycles. The van der Waals surface area contributed by atoms with Crippen molar-refractivity contribution in [3.05, 3.63) is 76.1 Å². The molecule has 1 aliphatic heterocycles. The number of aromatic nitrogens is 2. The van der Waals surface area contributed by atoms with Gasteiger partial charge in [0.25, 0.3) is 17.5 Å². The highest BCUT2D eigenvalue weighted by Gasteiger charge is 2.35. The van der Waals surface area contributed by atoms with E-state index in [2.05, 4.69) is 5.32 Å². The van der Waals surface area contributed by atoms with Crippen LogP contribution in [0.15, 0.2) is 54.9 Å². The van der Waals surface area contributed by atoms with E-state index < -0.39 is 16.7 Å². The number of aliphatic hydroxyl groups excluding tert-OH is 1. The third kappa shape index (κ3) is 3.21. The predicted molar refractivity (Wildman–Crippen MR) is 123 cm³/mol. The van der Waals surface area contributed by atoms with Gasteiger partial charge in [0, 0.05) is 77.7 Å². The number of amides is 2. The van der Waals surface area contributed by atoms with E-state index in [0.717, 1.165) is 10.9 Å². The van der Waals surface area contributed by atoms with Crippen LogP contribution in [0.3, 0.4) is 0 Å². The number of rotatable bonds is 6. The minimum absolute atomic E-state index is 0.0313. The highest BCUT2D eigenvalue weighted by atomic mass is 16.6. The highest BCUT2D eigenvalue weighted by molar-refractivity contribution is 6.50. The molecule has 0 fully saturated rings. The molecular weight excluding hydrogens is 424 g/mol. The summed E-state index contributed by atoms with van der Waals surface area (Å²) in [6.45, 7) is 0.583. The smallest absolute Gasteiger partial charge is 0.270 e. The number of nitrogens with one attached hydrogen (secondary N) is 1. The lowest BCUT2D eigenvalue weighted by Gasteiger charge is -2.03. The van der Waals surface area contributed by atoms with Crippen LogP contribution in [-0.4, -0.2) is 37.6 Å². The number of para-hydroxylation sites is 1. The number of hydrogen-bond acceptors (Lipinski definition) is 5. The van der Waals surface area contributed by atoms with Gasteiger partial charge in [-0.05, 0) is 18.6 Å². The van der Waals surface area contributed by atoms with Gasteiger partial charge in [-0.3, -0.25) is 25.0 Å². The van der Waals surface area contributed by atoms with E-state index in [1.807, 2.05) is 35.0 Å². The fourth-order valence-electron chi connectivity index (χ4n) is 4.53. The van der Waals surface area contributed by atoms with Gasteiger partial charge in [-0.1, -0.05) is 18.2 Å². The predicted octanol–water partition coefficient (Wildman–Crippen LogP) is 2.99. The maximum Gasteiger partial charge on any atom is 0.270 e. The number of nitro groups is 1. The highest BCUT2D eigenvalue weighted by Crippen LogP contribution is 2.39. The molecule has 4 aromatic rings. The Hall–Kier alpha value is -4.24. The summed E-state index contributed by atoms with van der Waals surface area (Å²) in [7, 11) is 1.79. The first-order valence-electron chi connectivity index (χ1n) is 10.4. The number of hydrogen-bond donors (Lipinski definition) is 2. The third-order valence-electron chi connectivity index (χ3n) is 6.00. The zero-order chi connectivity index (χ0) is 23.3. The molecule has 0 atom stereocenters. The number of aliphatic hydroxyl groups is 1. The lowest BCUT2D eigenvalue weighted by atomic mass is 9.95. The van der Waals surface area contributed by atoms with Crippen molar-refractivity contribution in [2.45, 2.75) is 13.0 Å². The molecular formula is C24H20N4O5. The fourth-order valence-corrected chi connectivity index (χ4v) is 4.53. The second-order valence-corrected chi connectivity index (χ2v) is 7.98. The molecule has 33 heavy (non-hydrogen) atoms. The van der Waals surface area contributed by atoms with Crippen molar-refractivity contribution >= 4 is 50.5 Å². The molecule has 2 aromatic heterocycles. The van der Waals surface area contributed by atoms with Gasteiger partial charge in [-0.15, -0.1) is 0 Å². The first-order valence-corrected chi connectivity index (χ1v) is 10.4. The van der Waals surface area contributed by atoms with Crippen LogP contribution in [-0.2, 0) is 23.2 Å². The molecule has 2 aromatic carbocycles. The molecule has 2 N–H and O–H groups in total. The third-order valence-corrected chi connectivity index (χ3v) is 6.00. The number of aryl methyl sites for hydroxylation is 2. The summed E-state index contributed by atoms with van der Waals surface area (Å²) in [5.41, 5.74) is 2.98. The van der Waals surface area contributed by atoms with Crippen molar-refractivity contribution in [2.24, 2.45) is 7.05 Å². The van der Waals surface area contributed by atoms with E-state index in [0.29, 0.717) is 35.0 Å². The van der Waals surface area contributed by atoms with Crippen LogP contribution < -0.4 is 5.32 Å². The zero-order valence-corrected chi connectivity index (χ0v) is 17.7. The Morgan fingerprint density at radius 1 is 0.970 bits per heavy atom. The molecule has 0 bridgehead atoms. The quantitative estimate of drug-likeness (QED) is 0.269. The molecule has 0 spiro atoms. The summed E-state index contributed by atoms with van der Waals surface area (Å²) in [5, 5.41) is 24.3. The van der Waals surface area contributed by atoms with Crippen molar-refractivity contribution in [1.29, 1.82) is 0 Å². The molecule has 3 heterocycles. The Balaban J connectivity index is 1.81. The molecule has 2 amide bonds. The second kappa shape index (κ2) is 7.72. The molecule has 0 aliphatic carbocycles. The van der Waals surface area contributed by atoms with Gasteiger partial charge in [0.2, 0.25) is 0 Å². The first-order chi connectivity index (χ1) is 15.9. The van der Waals surface area contributed by atoms with Gasteiger partial charge in [0.05, 0.1) is 16.1 Å². The Morgan fingerprint density at radius 2 is 1.67 bits per heavy atom. The fraction of sp³-hybridized carbons (Fsp3) is 0.167. The van der Waals surface area contributed by atoms with Crippen LogP contribution in [0, 0.1) is 10.1 Å². The number of carbonyl (C=O) groups is 2. The minimum atomic E-state index is -0.541. The lowest BCUT2D eigenvalue weighted by Crippen LogP contribution is -2.22. The van der Waals surface area contributed by atoms with Crippen LogP contribution in [0.5, 0.6) is 0 Å². The molecule has 9 nitrogen and oxygen atoms in total. The molecule has 166 valence electrons. The van der Waals surface area contributed by atoms with E-state index in [4.69, 9.17) is 0 Å². The van der Waals surface area contributed by atoms with Crippen molar-refractivity contribution < 1.29 is 19.6 Å². The topological polar surface area (TPSA) is 119 Å². The van der Waals surface area contributed by atoms with Crippen LogP contribution in [0.2, 0.25) is 0 Å². The maximum atomic E-state index is 13.0. The maximum absolute atomic E-state index is 13.0. The first kappa shape index (κ1) is 20.7. The Labute approximate surface area is 187 Å². The Bertz CT molecular complexity index is 1510. The van der Waals surface area contributed by atoms with Gasteiger partial charge in [-0.2, -0.15) is 0 Å². The van der Waals surface area contributed by atoms with Crippen LogP contribution in [0.4, 0.5) is 5.69 Å². The molecule has 1 aliphatic rings. The van der Waals surface area contributed by atoms with Crippen molar-refractivity contribution in [3.63, 3.8) is 0 Å². The second-order valence-electron chi connectivity index (χ2n) is 7.98. The number of benzene rings is 2. The Morgan fingerprint density at radius 3 is 2.36 bits per heavy atom. The molecule has 9 heteroatoms. The molecule has 0 saturated carbocycles. The SMILES string of the molecule is Cn1cc(C2=C(c3cn(CCCO)c4ccccc34)C(=O)NC2=O)c2cc([N+](=O)[O-])ccc21. The number of fused-ring (bicyclic) bond motifs is 2. The van der Waals surface area contributed by atoms with Crippen LogP contribution >= 0.6 is 0 Å². The average Bonchev–Trinajstić information content (AvgIpc) is 3.42. The van der Waals surface area contributed by atoms with Crippen molar-refractivity contribution in [3.8, 4) is 0 Å². The van der Waals surface area contributed by atoms with E-state index in [-0.39, 0.29) is 23.4 Å². The molecule has 5 rings (SSSR count). The summed E-state index contributed by atoms with van der Waals surface area (Å²) in [5.74, 6) is -1.05. The molecule has 0 unspecified atom stereocenters. The summed E-state index contributed by atoms with van der Waals surface area (Å²) < 4.78 is 3.73. The van der Waals surface area contributed by atoms with Crippen LogP contribution in [0.25, 0.3) is 33.0 Å². The van der Waals surface area contributed by atoms with Crippen molar-refractivity contribution in [2.75, 3.05) is 6.61 Å². The average molecular weight is 444 g/mol. The molecule has 0 radical (unpaired) electrons. The van der Waals surface area contributed by atoms with Crippen LogP contribution in [0.1, 0.15) is 17.5 Å². The van der Waals surface area contributed by atoms with E-state index in [9.17, 15) is 24.8 Å². The van der Waals surface area contributed by atoms with Gasteiger partial charge < -0.3 is 14.2 Å². The zero-order valence-electron chi connectivity index (χ0n) is 17.7. The normalized spacial score (nSPS) is 14.0. The van der Waals surface area contributed by atoms with Gasteiger partial charge in [0.1, 0.15) is 0 Å².